The summed E-state index contributed by atoms with van der Waals surface area (Å²) < 4.78 is 0. The van der Waals surface area contributed by atoms with E-state index in [2.05, 4.69) is 31.9 Å². The van der Waals surface area contributed by atoms with Crippen molar-refractivity contribution < 1.29 is 0 Å². The van der Waals surface area contributed by atoms with Crippen molar-refractivity contribution in [3.8, 4) is 0 Å². The summed E-state index contributed by atoms with van der Waals surface area (Å²) in [6.07, 6.45) is 3.03. The monoisotopic (exact) mass is 223 g/mol. The molecule has 2 heterocycles. The Hall–Kier alpha value is -1.89. The lowest BCUT2D eigenvalue weighted by Gasteiger charge is -2.14. The molecule has 16 heavy (non-hydrogen) atoms. The van der Waals surface area contributed by atoms with Crippen molar-refractivity contribution in [2.45, 2.75) is 6.42 Å². The van der Waals surface area contributed by atoms with Crippen molar-refractivity contribution in [1.29, 1.82) is 0 Å². The molecule has 0 radical (unpaired) electrons. The SMILES string of the molecule is O=c1[nH]nc(NCC2=CCNCC2)c(=O)[nH]1. The molecule has 7 nitrogen and oxygen atoms in total. The van der Waals surface area contributed by atoms with Crippen LogP contribution < -0.4 is 21.9 Å². The Labute approximate surface area is 91.0 Å². The van der Waals surface area contributed by atoms with Crippen LogP contribution >= 0.6 is 0 Å². The predicted octanol–water partition coefficient (Wildman–Crippen LogP) is -1.21. The minimum Gasteiger partial charge on any atom is -0.360 e. The number of aromatic amines is 2. The molecule has 2 rings (SSSR count). The van der Waals surface area contributed by atoms with E-state index in [-0.39, 0.29) is 5.82 Å². The van der Waals surface area contributed by atoms with E-state index in [0.717, 1.165) is 19.5 Å². The fraction of sp³-hybridized carbons (Fsp3) is 0.444. The Balaban J connectivity index is 2.02. The molecule has 1 aromatic rings. The number of hydrogen-bond acceptors (Lipinski definition) is 5. The van der Waals surface area contributed by atoms with Gasteiger partial charge in [0.25, 0.3) is 5.56 Å². The molecule has 0 fully saturated rings. The van der Waals surface area contributed by atoms with Gasteiger partial charge in [-0.2, -0.15) is 0 Å². The predicted molar refractivity (Wildman–Crippen MR) is 59.5 cm³/mol. The molecular formula is C9H13N5O2. The second-order valence-corrected chi connectivity index (χ2v) is 3.53. The summed E-state index contributed by atoms with van der Waals surface area (Å²) in [5.74, 6) is 0.138. The smallest absolute Gasteiger partial charge is 0.342 e. The summed E-state index contributed by atoms with van der Waals surface area (Å²) in [7, 11) is 0. The average Bonchev–Trinajstić information content (AvgIpc) is 2.29. The van der Waals surface area contributed by atoms with Gasteiger partial charge in [-0.15, -0.1) is 5.10 Å². The van der Waals surface area contributed by atoms with Crippen LogP contribution in [-0.4, -0.2) is 34.8 Å². The second-order valence-electron chi connectivity index (χ2n) is 3.53. The van der Waals surface area contributed by atoms with Gasteiger partial charge in [0, 0.05) is 13.1 Å². The van der Waals surface area contributed by atoms with Gasteiger partial charge in [-0.1, -0.05) is 11.6 Å². The van der Waals surface area contributed by atoms with E-state index in [1.807, 2.05) is 0 Å². The molecule has 0 amide bonds. The van der Waals surface area contributed by atoms with Gasteiger partial charge < -0.3 is 10.6 Å². The molecule has 0 aliphatic carbocycles. The zero-order valence-electron chi connectivity index (χ0n) is 8.67. The van der Waals surface area contributed by atoms with Gasteiger partial charge in [0.05, 0.1) is 0 Å². The van der Waals surface area contributed by atoms with Crippen molar-refractivity contribution in [3.05, 3.63) is 32.5 Å². The molecule has 7 heteroatoms. The first-order valence-electron chi connectivity index (χ1n) is 5.07. The van der Waals surface area contributed by atoms with E-state index in [9.17, 15) is 9.59 Å². The van der Waals surface area contributed by atoms with Crippen molar-refractivity contribution in [2.24, 2.45) is 0 Å². The molecule has 0 atom stereocenters. The van der Waals surface area contributed by atoms with Crippen LogP contribution in [0.15, 0.2) is 21.2 Å². The Bertz CT molecular complexity index is 501. The van der Waals surface area contributed by atoms with Gasteiger partial charge in [-0.25, -0.2) is 9.89 Å². The van der Waals surface area contributed by atoms with Gasteiger partial charge >= 0.3 is 5.69 Å². The maximum absolute atomic E-state index is 11.3. The highest BCUT2D eigenvalue weighted by molar-refractivity contribution is 5.31. The van der Waals surface area contributed by atoms with E-state index in [1.165, 1.54) is 5.57 Å². The lowest BCUT2D eigenvalue weighted by molar-refractivity contribution is 0.697. The molecule has 86 valence electrons. The zero-order valence-corrected chi connectivity index (χ0v) is 8.67. The molecule has 0 bridgehead atoms. The highest BCUT2D eigenvalue weighted by Gasteiger charge is 2.05. The number of hydrogen-bond donors (Lipinski definition) is 4. The topological polar surface area (TPSA) is 103 Å². The molecule has 1 aliphatic rings. The van der Waals surface area contributed by atoms with Crippen LogP contribution in [0.1, 0.15) is 6.42 Å². The lowest BCUT2D eigenvalue weighted by Crippen LogP contribution is -2.28. The maximum Gasteiger partial charge on any atom is 0.342 e. The summed E-state index contributed by atoms with van der Waals surface area (Å²) in [6, 6.07) is 0. The second kappa shape index (κ2) is 4.75. The summed E-state index contributed by atoms with van der Waals surface area (Å²) in [6.45, 7) is 2.37. The van der Waals surface area contributed by atoms with E-state index in [1.54, 1.807) is 0 Å². The van der Waals surface area contributed by atoms with Crippen LogP contribution in [0.3, 0.4) is 0 Å². The standard InChI is InChI=1S/C9H13N5O2/c15-8-7(13-14-9(16)12-8)11-5-6-1-3-10-4-2-6/h1,10H,2-5H2,(H,11,13)(H2,12,14,15,16). The summed E-state index contributed by atoms with van der Waals surface area (Å²) in [5.41, 5.74) is 0.126. The molecule has 0 unspecified atom stereocenters. The number of anilines is 1. The number of H-pyrrole nitrogens is 2. The number of nitrogens with one attached hydrogen (secondary N) is 4. The maximum atomic E-state index is 11.3. The van der Waals surface area contributed by atoms with Gasteiger partial charge in [0.1, 0.15) is 0 Å². The third-order valence-electron chi connectivity index (χ3n) is 2.35. The summed E-state index contributed by atoms with van der Waals surface area (Å²) >= 11 is 0. The van der Waals surface area contributed by atoms with Crippen LogP contribution in [-0.2, 0) is 0 Å². The molecule has 0 aromatic carbocycles. The van der Waals surface area contributed by atoms with Crippen LogP contribution in [0.25, 0.3) is 0 Å². The van der Waals surface area contributed by atoms with Crippen molar-refractivity contribution in [2.75, 3.05) is 25.0 Å². The third kappa shape index (κ3) is 2.57. The van der Waals surface area contributed by atoms with Crippen LogP contribution in [0.4, 0.5) is 5.82 Å². The molecular weight excluding hydrogens is 210 g/mol. The Morgan fingerprint density at radius 1 is 1.44 bits per heavy atom. The Morgan fingerprint density at radius 2 is 2.31 bits per heavy atom. The van der Waals surface area contributed by atoms with Crippen molar-refractivity contribution in [1.82, 2.24) is 20.5 Å². The minimum absolute atomic E-state index is 0.138. The molecule has 0 spiro atoms. The normalized spacial score (nSPS) is 15.6. The number of aromatic nitrogens is 3. The Kier molecular flexibility index (Phi) is 3.16. The first-order chi connectivity index (χ1) is 7.75. The first kappa shape index (κ1) is 10.6. The summed E-state index contributed by atoms with van der Waals surface area (Å²) in [5, 5.41) is 11.9. The number of nitrogens with zero attached hydrogens (tertiary/aromatic N) is 1. The quantitative estimate of drug-likeness (QED) is 0.481. The average molecular weight is 223 g/mol. The Morgan fingerprint density at radius 3 is 3.00 bits per heavy atom. The van der Waals surface area contributed by atoms with E-state index < -0.39 is 11.2 Å². The van der Waals surface area contributed by atoms with E-state index >= 15 is 0 Å². The molecule has 4 N–H and O–H groups in total. The van der Waals surface area contributed by atoms with Gasteiger partial charge in [-0.3, -0.25) is 9.78 Å². The third-order valence-corrected chi connectivity index (χ3v) is 2.35. The molecule has 0 saturated heterocycles. The van der Waals surface area contributed by atoms with Crippen LogP contribution in [0.5, 0.6) is 0 Å². The van der Waals surface area contributed by atoms with Crippen molar-refractivity contribution >= 4 is 5.82 Å². The van der Waals surface area contributed by atoms with E-state index in [0.29, 0.717) is 6.54 Å². The van der Waals surface area contributed by atoms with Gasteiger partial charge in [-0.05, 0) is 13.0 Å². The van der Waals surface area contributed by atoms with Crippen LogP contribution in [0.2, 0.25) is 0 Å². The lowest BCUT2D eigenvalue weighted by atomic mass is 10.1. The van der Waals surface area contributed by atoms with Crippen LogP contribution in [0, 0.1) is 0 Å². The van der Waals surface area contributed by atoms with Gasteiger partial charge in [0.15, 0.2) is 0 Å². The van der Waals surface area contributed by atoms with E-state index in [4.69, 9.17) is 0 Å². The zero-order chi connectivity index (χ0) is 11.4. The highest BCUT2D eigenvalue weighted by Crippen LogP contribution is 2.04. The fourth-order valence-corrected chi connectivity index (χ4v) is 1.49. The first-order valence-corrected chi connectivity index (χ1v) is 5.07. The fourth-order valence-electron chi connectivity index (χ4n) is 1.49. The van der Waals surface area contributed by atoms with Crippen molar-refractivity contribution in [3.63, 3.8) is 0 Å². The molecule has 0 saturated carbocycles. The number of rotatable bonds is 3. The largest absolute Gasteiger partial charge is 0.360 e. The highest BCUT2D eigenvalue weighted by atomic mass is 16.2. The van der Waals surface area contributed by atoms with Gasteiger partial charge in [0.2, 0.25) is 5.82 Å². The minimum atomic E-state index is -0.600. The molecule has 1 aromatic heterocycles. The summed E-state index contributed by atoms with van der Waals surface area (Å²) in [4.78, 5) is 24.1. The molecule has 1 aliphatic heterocycles.